The number of rotatable bonds is 5. The number of fused-ring (bicyclic) bond motifs is 9. The Morgan fingerprint density at radius 1 is 0.350 bits per heavy atom. The van der Waals surface area contributed by atoms with E-state index in [4.69, 9.17) is 19.4 Å². The SMILES string of the molecule is CC1(C)c2ccccc2-c2ccc(-c3cc4ccc(-c5ccc6oc7cccc(-c8nc(-c9ccccc9)nc(-c9ccccc9)n8)c7c6c5)cc4c4ccccc34)cc21. The summed E-state index contributed by atoms with van der Waals surface area (Å²) < 4.78 is 6.51. The molecule has 0 N–H and O–H groups in total. The normalized spacial score (nSPS) is 13.0. The van der Waals surface area contributed by atoms with Crippen LogP contribution in [0.25, 0.3) is 111 Å². The largest absolute Gasteiger partial charge is 0.456 e. The number of nitrogens with zero attached hydrogens (tertiary/aromatic N) is 3. The maximum Gasteiger partial charge on any atom is 0.164 e. The van der Waals surface area contributed by atoms with Crippen LogP contribution in [0.3, 0.4) is 0 Å². The lowest BCUT2D eigenvalue weighted by Gasteiger charge is -2.22. The van der Waals surface area contributed by atoms with E-state index in [1.807, 2.05) is 72.8 Å². The molecule has 0 spiro atoms. The van der Waals surface area contributed by atoms with Crippen molar-refractivity contribution in [1.82, 2.24) is 15.0 Å². The molecule has 4 nitrogen and oxygen atoms in total. The molecule has 0 atom stereocenters. The summed E-state index contributed by atoms with van der Waals surface area (Å²) in [5.74, 6) is 1.86. The minimum absolute atomic E-state index is 0.0623. The summed E-state index contributed by atoms with van der Waals surface area (Å²) >= 11 is 0. The minimum Gasteiger partial charge on any atom is -0.456 e. The molecule has 0 amide bonds. The molecular formula is C56H37N3O. The van der Waals surface area contributed by atoms with Crippen molar-refractivity contribution in [2.24, 2.45) is 0 Å². The highest BCUT2D eigenvalue weighted by molar-refractivity contribution is 6.16. The van der Waals surface area contributed by atoms with Gasteiger partial charge in [-0.2, -0.15) is 0 Å². The van der Waals surface area contributed by atoms with Gasteiger partial charge in [0.15, 0.2) is 17.5 Å². The highest BCUT2D eigenvalue weighted by Gasteiger charge is 2.35. The van der Waals surface area contributed by atoms with Gasteiger partial charge in [-0.05, 0) is 102 Å². The molecular weight excluding hydrogens is 731 g/mol. The van der Waals surface area contributed by atoms with Crippen molar-refractivity contribution in [2.45, 2.75) is 19.3 Å². The molecule has 12 rings (SSSR count). The number of benzene rings is 9. The first kappa shape index (κ1) is 34.4. The van der Waals surface area contributed by atoms with Crippen LogP contribution >= 0.6 is 0 Å². The lowest BCUT2D eigenvalue weighted by atomic mass is 9.81. The van der Waals surface area contributed by atoms with Gasteiger partial charge in [-0.15, -0.1) is 0 Å². The first-order valence-electron chi connectivity index (χ1n) is 20.5. The van der Waals surface area contributed by atoms with Crippen LogP contribution < -0.4 is 0 Å². The Bertz CT molecular complexity index is 3450. The van der Waals surface area contributed by atoms with E-state index in [1.165, 1.54) is 54.9 Å². The monoisotopic (exact) mass is 767 g/mol. The van der Waals surface area contributed by atoms with E-state index in [2.05, 4.69) is 129 Å². The fourth-order valence-electron chi connectivity index (χ4n) is 9.51. The average Bonchev–Trinajstić information content (AvgIpc) is 3.80. The Morgan fingerprint density at radius 3 is 1.72 bits per heavy atom. The Kier molecular flexibility index (Phi) is 7.54. The van der Waals surface area contributed by atoms with E-state index >= 15 is 0 Å². The lowest BCUT2D eigenvalue weighted by Crippen LogP contribution is -2.14. The van der Waals surface area contributed by atoms with Crippen molar-refractivity contribution >= 4 is 43.5 Å². The minimum atomic E-state index is -0.0623. The van der Waals surface area contributed by atoms with Crippen molar-refractivity contribution < 1.29 is 4.42 Å². The molecule has 0 bridgehead atoms. The van der Waals surface area contributed by atoms with Crippen LogP contribution in [-0.2, 0) is 5.41 Å². The van der Waals surface area contributed by atoms with Gasteiger partial charge in [0.05, 0.1) is 0 Å². The maximum atomic E-state index is 6.51. The Balaban J connectivity index is 0.991. The van der Waals surface area contributed by atoms with Crippen LogP contribution in [0, 0.1) is 0 Å². The third-order valence-electron chi connectivity index (χ3n) is 12.5. The molecule has 0 aliphatic heterocycles. The molecule has 2 aromatic heterocycles. The van der Waals surface area contributed by atoms with Crippen LogP contribution in [0.5, 0.6) is 0 Å². The van der Waals surface area contributed by atoms with E-state index in [0.717, 1.165) is 49.8 Å². The van der Waals surface area contributed by atoms with E-state index in [-0.39, 0.29) is 5.41 Å². The van der Waals surface area contributed by atoms with Gasteiger partial charge in [0.2, 0.25) is 0 Å². The molecule has 282 valence electrons. The molecule has 0 saturated carbocycles. The average molecular weight is 768 g/mol. The summed E-state index contributed by atoms with van der Waals surface area (Å²) in [5.41, 5.74) is 14.5. The summed E-state index contributed by atoms with van der Waals surface area (Å²) in [6.07, 6.45) is 0. The third-order valence-corrected chi connectivity index (χ3v) is 12.5. The lowest BCUT2D eigenvalue weighted by molar-refractivity contribution is 0.660. The van der Waals surface area contributed by atoms with Crippen LogP contribution in [0.2, 0.25) is 0 Å². The maximum absolute atomic E-state index is 6.51. The molecule has 0 unspecified atom stereocenters. The molecule has 2 heterocycles. The van der Waals surface area contributed by atoms with E-state index in [9.17, 15) is 0 Å². The van der Waals surface area contributed by atoms with Crippen molar-refractivity contribution in [3.63, 3.8) is 0 Å². The van der Waals surface area contributed by atoms with Gasteiger partial charge in [-0.25, -0.2) is 15.0 Å². The second-order valence-electron chi connectivity index (χ2n) is 16.4. The van der Waals surface area contributed by atoms with E-state index < -0.39 is 0 Å². The molecule has 0 fully saturated rings. The fraction of sp³-hybridized carbons (Fsp3) is 0.0536. The van der Waals surface area contributed by atoms with Gasteiger partial charge in [-0.3, -0.25) is 0 Å². The van der Waals surface area contributed by atoms with Gasteiger partial charge >= 0.3 is 0 Å². The second kappa shape index (κ2) is 13.2. The van der Waals surface area contributed by atoms with Crippen LogP contribution in [0.15, 0.2) is 192 Å². The van der Waals surface area contributed by atoms with Gasteiger partial charge in [-0.1, -0.05) is 166 Å². The zero-order valence-electron chi connectivity index (χ0n) is 33.1. The quantitative estimate of drug-likeness (QED) is 0.164. The Labute approximate surface area is 347 Å². The van der Waals surface area contributed by atoms with Gasteiger partial charge < -0.3 is 4.42 Å². The molecule has 0 radical (unpaired) electrons. The number of hydrogen-bond acceptors (Lipinski definition) is 4. The standard InChI is InChI=1S/C56H37N3O/c1-56(2)48-22-12-11-20-42(48)43-28-26-39(33-49(43)56)46-32-38-25-24-36(30-45(38)40-18-9-10-19-41(40)46)37-27-29-50-47(31-37)52-44(21-13-23-51(52)60-50)55-58-53(34-14-5-3-6-15-34)57-54(59-55)35-16-7-4-8-17-35/h3-33H,1-2H3. The van der Waals surface area contributed by atoms with Crippen molar-refractivity contribution in [3.05, 3.63) is 199 Å². The molecule has 60 heavy (non-hydrogen) atoms. The zero-order valence-corrected chi connectivity index (χ0v) is 33.1. The van der Waals surface area contributed by atoms with Crippen LogP contribution in [-0.4, -0.2) is 15.0 Å². The van der Waals surface area contributed by atoms with Crippen molar-refractivity contribution in [3.8, 4) is 67.5 Å². The summed E-state index contributed by atoms with van der Waals surface area (Å²) in [7, 11) is 0. The first-order valence-corrected chi connectivity index (χ1v) is 20.5. The Hall–Kier alpha value is -7.69. The van der Waals surface area contributed by atoms with Gasteiger partial charge in [0.1, 0.15) is 11.2 Å². The summed E-state index contributed by atoms with van der Waals surface area (Å²) in [6, 6.07) is 66.8. The molecule has 1 aliphatic carbocycles. The highest BCUT2D eigenvalue weighted by Crippen LogP contribution is 2.50. The fourth-order valence-corrected chi connectivity index (χ4v) is 9.51. The number of aromatic nitrogens is 3. The smallest absolute Gasteiger partial charge is 0.164 e. The molecule has 0 saturated heterocycles. The van der Waals surface area contributed by atoms with Crippen molar-refractivity contribution in [2.75, 3.05) is 0 Å². The topological polar surface area (TPSA) is 51.8 Å². The van der Waals surface area contributed by atoms with Gasteiger partial charge in [0.25, 0.3) is 0 Å². The van der Waals surface area contributed by atoms with Crippen molar-refractivity contribution in [1.29, 1.82) is 0 Å². The molecule has 1 aliphatic rings. The van der Waals surface area contributed by atoms with Crippen LogP contribution in [0.4, 0.5) is 0 Å². The molecule has 9 aromatic carbocycles. The summed E-state index contributed by atoms with van der Waals surface area (Å²) in [6.45, 7) is 4.70. The molecule has 4 heteroatoms. The number of furan rings is 1. The third kappa shape index (κ3) is 5.34. The van der Waals surface area contributed by atoms with E-state index in [1.54, 1.807) is 0 Å². The first-order chi connectivity index (χ1) is 29.5. The second-order valence-corrected chi connectivity index (χ2v) is 16.4. The zero-order chi connectivity index (χ0) is 40.0. The summed E-state index contributed by atoms with van der Waals surface area (Å²) in [5, 5.41) is 6.93. The van der Waals surface area contributed by atoms with E-state index in [0.29, 0.717) is 17.5 Å². The van der Waals surface area contributed by atoms with Crippen LogP contribution in [0.1, 0.15) is 25.0 Å². The Morgan fingerprint density at radius 2 is 0.950 bits per heavy atom. The number of hydrogen-bond donors (Lipinski definition) is 0. The molecule has 11 aromatic rings. The van der Waals surface area contributed by atoms with Gasteiger partial charge in [0, 0.05) is 32.9 Å². The highest BCUT2D eigenvalue weighted by atomic mass is 16.3. The predicted octanol–water partition coefficient (Wildman–Crippen LogP) is 14.7. The predicted molar refractivity (Wildman–Crippen MR) is 247 cm³/mol. The summed E-state index contributed by atoms with van der Waals surface area (Å²) in [4.78, 5) is 15.1.